The Morgan fingerprint density at radius 1 is 1.19 bits per heavy atom. The summed E-state index contributed by atoms with van der Waals surface area (Å²) in [5, 5.41) is 3.88. The van der Waals surface area contributed by atoms with E-state index in [1.165, 1.54) is 16.7 Å². The fourth-order valence-corrected chi connectivity index (χ4v) is 3.93. The van der Waals surface area contributed by atoms with Crippen molar-refractivity contribution in [1.29, 1.82) is 0 Å². The van der Waals surface area contributed by atoms with Gasteiger partial charge in [-0.3, -0.25) is 14.5 Å². The number of hydrogen-bond acceptors (Lipinski definition) is 4. The monoisotopic (exact) mass is 407 g/mol. The number of amidine groups is 1. The molecule has 1 fully saturated rings. The van der Waals surface area contributed by atoms with E-state index in [4.69, 9.17) is 23.2 Å². The fraction of sp³-hybridized carbons (Fsp3) is 0.167. The van der Waals surface area contributed by atoms with Crippen molar-refractivity contribution in [3.05, 3.63) is 58.6 Å². The van der Waals surface area contributed by atoms with Gasteiger partial charge in [0.2, 0.25) is 11.8 Å². The van der Waals surface area contributed by atoms with Crippen molar-refractivity contribution in [2.45, 2.75) is 11.7 Å². The third-order valence-corrected chi connectivity index (χ3v) is 5.35. The van der Waals surface area contributed by atoms with Gasteiger partial charge in [-0.1, -0.05) is 47.1 Å². The van der Waals surface area contributed by atoms with Crippen LogP contribution < -0.4 is 5.32 Å². The van der Waals surface area contributed by atoms with Crippen LogP contribution in [0.1, 0.15) is 6.42 Å². The van der Waals surface area contributed by atoms with Crippen molar-refractivity contribution in [1.82, 2.24) is 4.90 Å². The van der Waals surface area contributed by atoms with Crippen molar-refractivity contribution in [3.8, 4) is 0 Å². The Kier molecular flexibility index (Phi) is 5.86. The van der Waals surface area contributed by atoms with Gasteiger partial charge in [0.1, 0.15) is 5.25 Å². The van der Waals surface area contributed by atoms with Gasteiger partial charge < -0.3 is 5.32 Å². The molecule has 0 radical (unpaired) electrons. The van der Waals surface area contributed by atoms with E-state index in [0.29, 0.717) is 26.6 Å². The lowest BCUT2D eigenvalue weighted by Gasteiger charge is -2.09. The van der Waals surface area contributed by atoms with Crippen LogP contribution >= 0.6 is 35.0 Å². The predicted octanol–water partition coefficient (Wildman–Crippen LogP) is 4.58. The summed E-state index contributed by atoms with van der Waals surface area (Å²) < 4.78 is 0. The van der Waals surface area contributed by atoms with Crippen molar-refractivity contribution in [3.63, 3.8) is 0 Å². The summed E-state index contributed by atoms with van der Waals surface area (Å²) in [7, 11) is 1.65. The van der Waals surface area contributed by atoms with Crippen LogP contribution in [0, 0.1) is 0 Å². The minimum absolute atomic E-state index is 0.0505. The molecule has 1 atom stereocenters. The van der Waals surface area contributed by atoms with Gasteiger partial charge in [-0.2, -0.15) is 0 Å². The molecule has 0 aliphatic carbocycles. The number of nitrogens with zero attached hydrogens (tertiary/aromatic N) is 2. The largest absolute Gasteiger partial charge is 0.326 e. The number of carbonyl (C=O) groups excluding carboxylic acids is 2. The topological polar surface area (TPSA) is 61.8 Å². The molecule has 1 aliphatic rings. The first-order valence-electron chi connectivity index (χ1n) is 7.76. The fourth-order valence-electron chi connectivity index (χ4n) is 2.40. The van der Waals surface area contributed by atoms with E-state index in [1.54, 1.807) is 55.6 Å². The molecule has 0 bridgehead atoms. The smallest absolute Gasteiger partial charge is 0.242 e. The summed E-state index contributed by atoms with van der Waals surface area (Å²) in [6.07, 6.45) is 0.0505. The Morgan fingerprint density at radius 2 is 1.88 bits per heavy atom. The van der Waals surface area contributed by atoms with Crippen molar-refractivity contribution < 1.29 is 9.59 Å². The highest BCUT2D eigenvalue weighted by molar-refractivity contribution is 8.15. The summed E-state index contributed by atoms with van der Waals surface area (Å²) in [6.45, 7) is 0. The Labute approximate surface area is 165 Å². The highest BCUT2D eigenvalue weighted by Crippen LogP contribution is 2.31. The highest BCUT2D eigenvalue weighted by atomic mass is 35.5. The first kappa shape index (κ1) is 18.8. The third kappa shape index (κ3) is 4.58. The average Bonchev–Trinajstić information content (AvgIpc) is 2.83. The van der Waals surface area contributed by atoms with E-state index in [1.807, 2.05) is 0 Å². The standard InChI is InChI=1S/C18H15Cl2N3O2S/c1-23-17(25)15(10-16(24)21-13-6-2-4-11(19)8-13)26-18(23)22-14-7-3-5-12(20)9-14/h2-9,15H,10H2,1H3,(H,21,24)/t15-/m0/s1. The Morgan fingerprint density at radius 3 is 2.58 bits per heavy atom. The number of halogens is 2. The molecule has 0 spiro atoms. The summed E-state index contributed by atoms with van der Waals surface area (Å²) in [4.78, 5) is 30.6. The minimum atomic E-state index is -0.517. The summed E-state index contributed by atoms with van der Waals surface area (Å²) >= 11 is 13.1. The Balaban J connectivity index is 1.67. The van der Waals surface area contributed by atoms with Gasteiger partial charge >= 0.3 is 0 Å². The molecule has 5 nitrogen and oxygen atoms in total. The molecule has 26 heavy (non-hydrogen) atoms. The lowest BCUT2D eigenvalue weighted by Crippen LogP contribution is -2.30. The average molecular weight is 408 g/mol. The zero-order valence-corrected chi connectivity index (χ0v) is 16.1. The number of nitrogens with one attached hydrogen (secondary N) is 1. The number of anilines is 1. The van der Waals surface area contributed by atoms with E-state index in [2.05, 4.69) is 10.3 Å². The number of benzene rings is 2. The maximum absolute atomic E-state index is 12.4. The van der Waals surface area contributed by atoms with Gasteiger partial charge in [0.05, 0.1) is 5.69 Å². The van der Waals surface area contributed by atoms with E-state index in [0.717, 1.165) is 0 Å². The first-order valence-corrected chi connectivity index (χ1v) is 9.40. The molecule has 1 saturated heterocycles. The molecule has 3 rings (SSSR count). The first-order chi connectivity index (χ1) is 12.4. The number of amides is 2. The van der Waals surface area contributed by atoms with E-state index in [9.17, 15) is 9.59 Å². The molecule has 2 amide bonds. The van der Waals surface area contributed by atoms with Crippen LogP contribution in [-0.4, -0.2) is 34.2 Å². The predicted molar refractivity (Wildman–Crippen MR) is 107 cm³/mol. The summed E-state index contributed by atoms with van der Waals surface area (Å²) in [6, 6.07) is 13.9. The van der Waals surface area contributed by atoms with Gasteiger partial charge in [-0.25, -0.2) is 4.99 Å². The van der Waals surface area contributed by atoms with Gasteiger partial charge in [0.25, 0.3) is 0 Å². The summed E-state index contributed by atoms with van der Waals surface area (Å²) in [5.41, 5.74) is 1.25. The Bertz CT molecular complexity index is 888. The van der Waals surface area contributed by atoms with Gasteiger partial charge in [-0.15, -0.1) is 0 Å². The zero-order chi connectivity index (χ0) is 18.7. The van der Waals surface area contributed by atoms with Crippen LogP contribution in [0.2, 0.25) is 10.0 Å². The number of carbonyl (C=O) groups is 2. The van der Waals surface area contributed by atoms with Gasteiger partial charge in [-0.05, 0) is 36.4 Å². The van der Waals surface area contributed by atoms with Crippen LogP contribution in [-0.2, 0) is 9.59 Å². The molecule has 8 heteroatoms. The molecule has 134 valence electrons. The lowest BCUT2D eigenvalue weighted by molar-refractivity contribution is -0.127. The van der Waals surface area contributed by atoms with Crippen molar-refractivity contribution in [2.75, 3.05) is 12.4 Å². The van der Waals surface area contributed by atoms with Crippen molar-refractivity contribution in [2.24, 2.45) is 4.99 Å². The molecule has 1 heterocycles. The quantitative estimate of drug-likeness (QED) is 0.806. The molecular weight excluding hydrogens is 393 g/mol. The SMILES string of the molecule is CN1C(=O)[C@H](CC(=O)Nc2cccc(Cl)c2)SC1=Nc1cccc(Cl)c1. The number of thioether (sulfide) groups is 1. The molecule has 2 aromatic carbocycles. The zero-order valence-electron chi connectivity index (χ0n) is 13.8. The van der Waals surface area contributed by atoms with E-state index < -0.39 is 5.25 Å². The molecule has 2 aromatic rings. The molecule has 1 aliphatic heterocycles. The van der Waals surface area contributed by atoms with E-state index in [-0.39, 0.29) is 18.2 Å². The van der Waals surface area contributed by atoms with Gasteiger partial charge in [0.15, 0.2) is 5.17 Å². The number of hydrogen-bond donors (Lipinski definition) is 1. The Hall–Kier alpha value is -2.02. The second kappa shape index (κ2) is 8.12. The highest BCUT2D eigenvalue weighted by Gasteiger charge is 2.37. The van der Waals surface area contributed by atoms with Gasteiger partial charge in [0, 0.05) is 29.2 Å². The van der Waals surface area contributed by atoms with Crippen LogP contribution in [0.3, 0.4) is 0 Å². The third-order valence-electron chi connectivity index (χ3n) is 3.65. The lowest BCUT2D eigenvalue weighted by atomic mass is 10.2. The normalized spacial score (nSPS) is 18.4. The van der Waals surface area contributed by atoms with E-state index >= 15 is 0 Å². The molecular formula is C18H15Cl2N3O2S. The van der Waals surface area contributed by atoms with Crippen molar-refractivity contribution >= 4 is 63.3 Å². The maximum Gasteiger partial charge on any atom is 0.242 e. The van der Waals surface area contributed by atoms with Crippen LogP contribution in [0.25, 0.3) is 0 Å². The molecule has 0 saturated carbocycles. The molecule has 1 N–H and O–H groups in total. The second-order valence-electron chi connectivity index (χ2n) is 5.64. The second-order valence-corrected chi connectivity index (χ2v) is 7.68. The van der Waals surface area contributed by atoms with Crippen LogP contribution in [0.5, 0.6) is 0 Å². The number of rotatable bonds is 4. The minimum Gasteiger partial charge on any atom is -0.326 e. The molecule has 0 unspecified atom stereocenters. The number of aliphatic imine (C=N–C) groups is 1. The van der Waals surface area contributed by atoms with Crippen LogP contribution in [0.15, 0.2) is 53.5 Å². The maximum atomic E-state index is 12.4. The molecule has 0 aromatic heterocycles. The van der Waals surface area contributed by atoms with Crippen LogP contribution in [0.4, 0.5) is 11.4 Å². The summed E-state index contributed by atoms with van der Waals surface area (Å²) in [5.74, 6) is -0.410.